The Balaban J connectivity index is 1.65. The van der Waals surface area contributed by atoms with Crippen LogP contribution in [0.15, 0.2) is 48.5 Å². The van der Waals surface area contributed by atoms with Crippen LogP contribution in [0, 0.1) is 11.8 Å². The molecule has 0 saturated heterocycles. The van der Waals surface area contributed by atoms with Gasteiger partial charge in [-0.3, -0.25) is 9.59 Å². The molecular formula is C21H20ClNO4. The Bertz CT molecular complexity index is 837. The normalized spacial score (nSPS) is 9.70. The molecule has 0 spiro atoms. The monoisotopic (exact) mass is 385 g/mol. The van der Waals surface area contributed by atoms with Crippen molar-refractivity contribution < 1.29 is 19.1 Å². The van der Waals surface area contributed by atoms with Gasteiger partial charge in [0.1, 0.15) is 6.61 Å². The second-order valence-electron chi connectivity index (χ2n) is 5.50. The number of carbonyl (C=O) groups excluding carboxylic acids is 2. The predicted octanol–water partition coefficient (Wildman–Crippen LogP) is 3.51. The minimum absolute atomic E-state index is 0.0990. The molecule has 0 bridgehead atoms. The number of nitrogens with one attached hydrogen (secondary N) is 1. The Morgan fingerprint density at radius 1 is 1.00 bits per heavy atom. The molecule has 0 heterocycles. The third-order valence-corrected chi connectivity index (χ3v) is 3.87. The molecule has 1 amide bonds. The Labute approximate surface area is 163 Å². The highest BCUT2D eigenvalue weighted by Gasteiger charge is 2.08. The molecule has 0 saturated carbocycles. The van der Waals surface area contributed by atoms with Gasteiger partial charge in [-0.2, -0.15) is 0 Å². The number of rotatable bonds is 8. The van der Waals surface area contributed by atoms with Crippen LogP contribution in [0.2, 0.25) is 5.02 Å². The topological polar surface area (TPSA) is 64.6 Å². The standard InChI is InChI=1S/C21H20ClNO4/c1-26-19-6-2-3-7-20(19)27-15-5-4-14-23-21(25)13-12-18(24)16-8-10-17(22)11-9-16/h2-3,6-11H,12-15H2,1H3,(H,23,25). The minimum Gasteiger partial charge on any atom is -0.493 e. The Morgan fingerprint density at radius 2 is 1.70 bits per heavy atom. The number of para-hydroxylation sites is 2. The molecule has 0 fully saturated rings. The number of hydrogen-bond acceptors (Lipinski definition) is 4. The number of halogens is 1. The van der Waals surface area contributed by atoms with Gasteiger partial charge in [-0.05, 0) is 36.4 Å². The Morgan fingerprint density at radius 3 is 2.41 bits per heavy atom. The first-order valence-electron chi connectivity index (χ1n) is 8.37. The molecule has 5 nitrogen and oxygen atoms in total. The Kier molecular flexibility index (Phi) is 8.21. The zero-order valence-corrected chi connectivity index (χ0v) is 15.7. The molecule has 2 rings (SSSR count). The quantitative estimate of drug-likeness (QED) is 0.558. The summed E-state index contributed by atoms with van der Waals surface area (Å²) in [5.41, 5.74) is 0.542. The molecule has 6 heteroatoms. The van der Waals surface area contributed by atoms with Crippen molar-refractivity contribution in [3.8, 4) is 23.3 Å². The lowest BCUT2D eigenvalue weighted by Crippen LogP contribution is -2.24. The van der Waals surface area contributed by atoms with E-state index in [1.54, 1.807) is 43.5 Å². The minimum atomic E-state index is -0.225. The number of ketones is 1. The van der Waals surface area contributed by atoms with Crippen molar-refractivity contribution in [1.82, 2.24) is 5.32 Å². The van der Waals surface area contributed by atoms with Gasteiger partial charge in [-0.1, -0.05) is 35.6 Å². The highest BCUT2D eigenvalue weighted by Crippen LogP contribution is 2.25. The number of carbonyl (C=O) groups is 2. The van der Waals surface area contributed by atoms with E-state index in [2.05, 4.69) is 17.2 Å². The third kappa shape index (κ3) is 7.04. The van der Waals surface area contributed by atoms with Gasteiger partial charge >= 0.3 is 0 Å². The number of benzene rings is 2. The maximum atomic E-state index is 12.0. The van der Waals surface area contributed by atoms with Crippen molar-refractivity contribution in [2.45, 2.75) is 12.8 Å². The number of hydrogen-bond donors (Lipinski definition) is 1. The van der Waals surface area contributed by atoms with Crippen molar-refractivity contribution in [2.24, 2.45) is 0 Å². The molecule has 0 atom stereocenters. The van der Waals surface area contributed by atoms with E-state index in [1.807, 2.05) is 12.1 Å². The van der Waals surface area contributed by atoms with Crippen LogP contribution in [0.4, 0.5) is 0 Å². The first kappa shape index (κ1) is 20.3. The molecule has 1 N–H and O–H groups in total. The smallest absolute Gasteiger partial charge is 0.221 e. The van der Waals surface area contributed by atoms with Crippen molar-refractivity contribution in [3.05, 3.63) is 59.1 Å². The molecule has 2 aromatic rings. The van der Waals surface area contributed by atoms with Gasteiger partial charge in [0.15, 0.2) is 17.3 Å². The van der Waals surface area contributed by atoms with Crippen molar-refractivity contribution in [3.63, 3.8) is 0 Å². The third-order valence-electron chi connectivity index (χ3n) is 3.61. The highest BCUT2D eigenvalue weighted by molar-refractivity contribution is 6.30. The maximum Gasteiger partial charge on any atom is 0.221 e. The van der Waals surface area contributed by atoms with Gasteiger partial charge < -0.3 is 14.8 Å². The molecular weight excluding hydrogens is 366 g/mol. The van der Waals surface area contributed by atoms with E-state index < -0.39 is 0 Å². The summed E-state index contributed by atoms with van der Waals surface area (Å²) in [6.45, 7) is 0.383. The first-order chi connectivity index (χ1) is 13.1. The number of amides is 1. The molecule has 0 aliphatic heterocycles. The molecule has 0 aliphatic carbocycles. The number of ether oxygens (including phenoxy) is 2. The van der Waals surface area contributed by atoms with Gasteiger partial charge in [0, 0.05) is 23.4 Å². The van der Waals surface area contributed by atoms with Crippen LogP contribution >= 0.6 is 11.6 Å². The largest absolute Gasteiger partial charge is 0.493 e. The average Bonchev–Trinajstić information content (AvgIpc) is 2.69. The summed E-state index contributed by atoms with van der Waals surface area (Å²) in [6, 6.07) is 13.9. The van der Waals surface area contributed by atoms with E-state index in [0.29, 0.717) is 22.1 Å². The second kappa shape index (κ2) is 10.9. The van der Waals surface area contributed by atoms with Gasteiger partial charge in [0.25, 0.3) is 0 Å². The summed E-state index contributed by atoms with van der Waals surface area (Å²) < 4.78 is 10.7. The molecule has 0 radical (unpaired) electrons. The number of Topliss-reactive ketones (excluding diaryl/α,β-unsaturated/α-hetero) is 1. The van der Waals surface area contributed by atoms with Crippen LogP contribution in [0.25, 0.3) is 0 Å². The fourth-order valence-corrected chi connectivity index (χ4v) is 2.33. The van der Waals surface area contributed by atoms with Gasteiger partial charge in [0.05, 0.1) is 13.7 Å². The van der Waals surface area contributed by atoms with Crippen LogP contribution in [0.1, 0.15) is 23.2 Å². The molecule has 2 aromatic carbocycles. The zero-order chi connectivity index (χ0) is 19.5. The summed E-state index contributed by atoms with van der Waals surface area (Å²) >= 11 is 5.78. The number of methoxy groups -OCH3 is 1. The highest BCUT2D eigenvalue weighted by atomic mass is 35.5. The lowest BCUT2D eigenvalue weighted by Gasteiger charge is -2.07. The fraction of sp³-hybridized carbons (Fsp3) is 0.238. The summed E-state index contributed by atoms with van der Waals surface area (Å²) in [7, 11) is 1.57. The van der Waals surface area contributed by atoms with Crippen molar-refractivity contribution in [1.29, 1.82) is 0 Å². The van der Waals surface area contributed by atoms with Crippen LogP contribution in [-0.4, -0.2) is 32.0 Å². The summed E-state index contributed by atoms with van der Waals surface area (Å²) in [5, 5.41) is 3.22. The fourth-order valence-electron chi connectivity index (χ4n) is 2.20. The maximum absolute atomic E-state index is 12.0. The van der Waals surface area contributed by atoms with E-state index in [1.165, 1.54) is 0 Å². The lowest BCUT2D eigenvalue weighted by atomic mass is 10.1. The van der Waals surface area contributed by atoms with Crippen molar-refractivity contribution in [2.75, 3.05) is 20.3 Å². The van der Waals surface area contributed by atoms with Gasteiger partial charge in [-0.25, -0.2) is 0 Å². The van der Waals surface area contributed by atoms with Crippen LogP contribution in [0.5, 0.6) is 11.5 Å². The molecule has 27 heavy (non-hydrogen) atoms. The summed E-state index contributed by atoms with van der Waals surface area (Å²) in [6.07, 6.45) is 0.249. The Hall–Kier alpha value is -2.97. The lowest BCUT2D eigenvalue weighted by molar-refractivity contribution is -0.120. The van der Waals surface area contributed by atoms with Crippen LogP contribution < -0.4 is 14.8 Å². The van der Waals surface area contributed by atoms with E-state index >= 15 is 0 Å². The first-order valence-corrected chi connectivity index (χ1v) is 8.75. The van der Waals surface area contributed by atoms with E-state index in [0.717, 1.165) is 0 Å². The molecule has 0 aliphatic rings. The zero-order valence-electron chi connectivity index (χ0n) is 15.0. The van der Waals surface area contributed by atoms with E-state index in [-0.39, 0.29) is 37.7 Å². The van der Waals surface area contributed by atoms with Crippen LogP contribution in [0.3, 0.4) is 0 Å². The second-order valence-corrected chi connectivity index (χ2v) is 5.94. The van der Waals surface area contributed by atoms with Crippen molar-refractivity contribution >= 4 is 23.3 Å². The SMILES string of the molecule is COc1ccccc1OCC#CCNC(=O)CCC(=O)c1ccc(Cl)cc1. The summed E-state index contributed by atoms with van der Waals surface area (Å²) in [5.74, 6) is 6.54. The van der Waals surface area contributed by atoms with Crippen LogP contribution in [-0.2, 0) is 4.79 Å². The van der Waals surface area contributed by atoms with E-state index in [4.69, 9.17) is 21.1 Å². The summed E-state index contributed by atoms with van der Waals surface area (Å²) in [4.78, 5) is 23.8. The molecule has 0 aromatic heterocycles. The predicted molar refractivity (Wildman–Crippen MR) is 104 cm³/mol. The van der Waals surface area contributed by atoms with E-state index in [9.17, 15) is 9.59 Å². The van der Waals surface area contributed by atoms with Gasteiger partial charge in [0.2, 0.25) is 5.91 Å². The average molecular weight is 386 g/mol. The molecule has 140 valence electrons. The van der Waals surface area contributed by atoms with Gasteiger partial charge in [-0.15, -0.1) is 0 Å². The molecule has 0 unspecified atom stereocenters.